The minimum absolute atomic E-state index is 0. The highest BCUT2D eigenvalue weighted by atomic mass is 14.0. The summed E-state index contributed by atoms with van der Waals surface area (Å²) in [6, 6.07) is 29.3. The normalized spacial score (nSPS) is 7.70. The van der Waals surface area contributed by atoms with Crippen molar-refractivity contribution in [2.45, 2.75) is 62.8 Å². The summed E-state index contributed by atoms with van der Waals surface area (Å²) < 4.78 is 0. The maximum Gasteiger partial charge on any atom is -0.0184 e. The summed E-state index contributed by atoms with van der Waals surface area (Å²) in [5.74, 6) is 0. The zero-order valence-electron chi connectivity index (χ0n) is 18.1. The lowest BCUT2D eigenvalue weighted by Gasteiger charge is -2.00. The molecule has 3 aromatic carbocycles. The van der Waals surface area contributed by atoms with Gasteiger partial charge in [-0.3, -0.25) is 0 Å². The summed E-state index contributed by atoms with van der Waals surface area (Å²) in [5.41, 5.74) is 5.19. The molecule has 0 aliphatic heterocycles. The molecule has 0 N–H and O–H groups in total. The van der Waals surface area contributed by atoms with Gasteiger partial charge in [-0.1, -0.05) is 145 Å². The van der Waals surface area contributed by atoms with Crippen molar-refractivity contribution in [1.29, 1.82) is 0 Å². The van der Waals surface area contributed by atoms with Crippen LogP contribution in [-0.4, -0.2) is 0 Å². The van der Waals surface area contributed by atoms with E-state index in [9.17, 15) is 0 Å². The van der Waals surface area contributed by atoms with E-state index in [0.717, 1.165) is 0 Å². The van der Waals surface area contributed by atoms with Crippen LogP contribution >= 0.6 is 0 Å². The summed E-state index contributed by atoms with van der Waals surface area (Å²) in [5, 5.41) is 0. The van der Waals surface area contributed by atoms with Crippen molar-refractivity contribution >= 4 is 0 Å². The van der Waals surface area contributed by atoms with Crippen LogP contribution in [0.4, 0.5) is 0 Å². The van der Waals surface area contributed by atoms with Gasteiger partial charge in [0.1, 0.15) is 0 Å². The molecule has 0 amide bonds. The Balaban J connectivity index is -0.000000353. The molecule has 0 heterocycles. The fourth-order valence-corrected chi connectivity index (χ4v) is 1.91. The van der Waals surface area contributed by atoms with Crippen molar-refractivity contribution in [1.82, 2.24) is 0 Å². The molecule has 0 atom stereocenters. The molecule has 0 spiro atoms. The van der Waals surface area contributed by atoms with Gasteiger partial charge in [-0.25, -0.2) is 0 Å². The van der Waals surface area contributed by atoms with Crippen molar-refractivity contribution in [3.63, 3.8) is 0 Å². The lowest BCUT2D eigenvalue weighted by Crippen LogP contribution is -1.76. The SMILES string of the molecule is C.CC.CC.CC.Cc1ccc(-c2ccccc2)cc1.Cc1ccccc1. The maximum atomic E-state index is 2.16. The predicted molar refractivity (Wildman–Crippen MR) is 129 cm³/mol. The summed E-state index contributed by atoms with van der Waals surface area (Å²) in [7, 11) is 0. The topological polar surface area (TPSA) is 0 Å². The molecule has 0 fully saturated rings. The van der Waals surface area contributed by atoms with Crippen molar-refractivity contribution in [2.24, 2.45) is 0 Å². The summed E-state index contributed by atoms with van der Waals surface area (Å²) in [6.45, 7) is 16.2. The molecule has 3 aromatic rings. The number of hydrogen-bond donors (Lipinski definition) is 0. The Morgan fingerprint density at radius 2 is 0.667 bits per heavy atom. The molecule has 0 bridgehead atoms. The van der Waals surface area contributed by atoms with E-state index in [1.54, 1.807) is 0 Å². The van der Waals surface area contributed by atoms with Crippen molar-refractivity contribution < 1.29 is 0 Å². The first kappa shape index (κ1) is 29.4. The molecule has 0 saturated carbocycles. The second-order valence-electron chi connectivity index (χ2n) is 4.89. The van der Waals surface area contributed by atoms with Gasteiger partial charge in [0, 0.05) is 0 Å². The fourth-order valence-electron chi connectivity index (χ4n) is 1.91. The van der Waals surface area contributed by atoms with Crippen LogP contribution in [0.3, 0.4) is 0 Å². The number of benzene rings is 3. The first-order valence-corrected chi connectivity index (χ1v) is 9.89. The monoisotopic (exact) mass is 366 g/mol. The largest absolute Gasteiger partial charge is 0.0776 e. The quantitative estimate of drug-likeness (QED) is 0.402. The zero-order chi connectivity index (χ0) is 20.2. The highest BCUT2D eigenvalue weighted by molar-refractivity contribution is 5.63. The summed E-state index contributed by atoms with van der Waals surface area (Å²) in [4.78, 5) is 0. The molecule has 0 nitrogen and oxygen atoms in total. The smallest absolute Gasteiger partial charge is 0.0184 e. The summed E-state index contributed by atoms with van der Waals surface area (Å²) in [6.07, 6.45) is 0. The van der Waals surface area contributed by atoms with Crippen LogP contribution in [0.2, 0.25) is 0 Å². The summed E-state index contributed by atoms with van der Waals surface area (Å²) >= 11 is 0. The van der Waals surface area contributed by atoms with E-state index < -0.39 is 0 Å². The van der Waals surface area contributed by atoms with E-state index in [0.29, 0.717) is 0 Å². The molecule has 150 valence electrons. The van der Waals surface area contributed by atoms with Crippen molar-refractivity contribution in [3.05, 3.63) is 96.1 Å². The van der Waals surface area contributed by atoms with Crippen molar-refractivity contribution in [3.8, 4) is 11.1 Å². The molecule has 0 radical (unpaired) electrons. The molecule has 0 heteroatoms. The second kappa shape index (κ2) is 21.7. The van der Waals surface area contributed by atoms with Gasteiger partial charge in [0.2, 0.25) is 0 Å². The highest BCUT2D eigenvalue weighted by Crippen LogP contribution is 2.18. The van der Waals surface area contributed by atoms with E-state index in [1.165, 1.54) is 22.3 Å². The van der Waals surface area contributed by atoms with Gasteiger partial charge in [0.15, 0.2) is 0 Å². The van der Waals surface area contributed by atoms with Gasteiger partial charge >= 0.3 is 0 Å². The minimum atomic E-state index is 0. The first-order valence-electron chi connectivity index (χ1n) is 9.89. The first-order chi connectivity index (χ1) is 12.8. The van der Waals surface area contributed by atoms with Crippen LogP contribution in [-0.2, 0) is 0 Å². The van der Waals surface area contributed by atoms with Crippen LogP contribution in [0.25, 0.3) is 11.1 Å². The Labute approximate surface area is 170 Å². The Morgan fingerprint density at radius 3 is 1.00 bits per heavy atom. The molecule has 0 saturated heterocycles. The van der Waals surface area contributed by atoms with Crippen LogP contribution in [0.15, 0.2) is 84.9 Å². The van der Waals surface area contributed by atoms with Gasteiger partial charge in [-0.2, -0.15) is 0 Å². The van der Waals surface area contributed by atoms with Gasteiger partial charge in [-0.05, 0) is 25.0 Å². The van der Waals surface area contributed by atoms with Gasteiger partial charge in [0.25, 0.3) is 0 Å². The Morgan fingerprint density at radius 1 is 0.370 bits per heavy atom. The molecule has 0 aliphatic carbocycles. The standard InChI is InChI=1S/C13H12.C7H8.3C2H6.CH4/c1-11-7-9-13(10-8-11)12-5-3-2-4-6-12;1-7-5-3-2-4-6-7;3*1-2;/h2-10H,1H3;2-6H,1H3;3*1-2H3;1H4. The molecule has 3 rings (SSSR count). The van der Waals surface area contributed by atoms with Crippen LogP contribution in [0.5, 0.6) is 0 Å². The third-order valence-electron chi connectivity index (χ3n) is 3.10. The average Bonchev–Trinajstić information content (AvgIpc) is 2.75. The van der Waals surface area contributed by atoms with E-state index in [2.05, 4.69) is 74.5 Å². The third-order valence-corrected chi connectivity index (χ3v) is 3.10. The molecule has 0 unspecified atom stereocenters. The lowest BCUT2D eigenvalue weighted by molar-refractivity contribution is 1.47. The maximum absolute atomic E-state index is 2.16. The fraction of sp³-hybridized carbons (Fsp3) is 0.333. The minimum Gasteiger partial charge on any atom is -0.0776 e. The second-order valence-corrected chi connectivity index (χ2v) is 4.89. The van der Waals surface area contributed by atoms with Crippen LogP contribution in [0, 0.1) is 13.8 Å². The van der Waals surface area contributed by atoms with Crippen LogP contribution in [0.1, 0.15) is 60.1 Å². The average molecular weight is 367 g/mol. The molecule has 27 heavy (non-hydrogen) atoms. The molecule has 0 aliphatic rings. The van der Waals surface area contributed by atoms with Gasteiger partial charge in [0.05, 0.1) is 0 Å². The number of rotatable bonds is 1. The molecular weight excluding hydrogens is 324 g/mol. The van der Waals surface area contributed by atoms with Gasteiger partial charge < -0.3 is 0 Å². The van der Waals surface area contributed by atoms with Gasteiger partial charge in [-0.15, -0.1) is 0 Å². The zero-order valence-corrected chi connectivity index (χ0v) is 18.1. The van der Waals surface area contributed by atoms with E-state index >= 15 is 0 Å². The van der Waals surface area contributed by atoms with Crippen molar-refractivity contribution in [2.75, 3.05) is 0 Å². The Bertz CT molecular complexity index is 607. The predicted octanol–water partition coefficient (Wildman–Crippen LogP) is 9.37. The van der Waals surface area contributed by atoms with E-state index in [1.807, 2.05) is 65.8 Å². The van der Waals surface area contributed by atoms with E-state index in [-0.39, 0.29) is 7.43 Å². The third kappa shape index (κ3) is 14.5. The lowest BCUT2D eigenvalue weighted by atomic mass is 10.0. The highest BCUT2D eigenvalue weighted by Gasteiger charge is 1.93. The molecule has 0 aromatic heterocycles. The van der Waals surface area contributed by atoms with Crippen LogP contribution < -0.4 is 0 Å². The number of hydrogen-bond acceptors (Lipinski definition) is 0. The molecular formula is C27H42. The number of aryl methyl sites for hydroxylation is 2. The van der Waals surface area contributed by atoms with E-state index in [4.69, 9.17) is 0 Å². The Kier molecular flexibility index (Phi) is 23.7. The Hall–Kier alpha value is -2.34.